The van der Waals surface area contributed by atoms with Crippen molar-refractivity contribution in [1.82, 2.24) is 15.5 Å². The molecule has 1 unspecified atom stereocenters. The number of carbonyl (C=O) groups is 1. The molecule has 1 atom stereocenters. The van der Waals surface area contributed by atoms with E-state index < -0.39 is 6.04 Å². The Morgan fingerprint density at radius 3 is 2.62 bits per heavy atom. The number of ether oxygens (including phenoxy) is 1. The van der Waals surface area contributed by atoms with Crippen molar-refractivity contribution >= 4 is 17.3 Å². The number of phenolic OH excluding ortho intramolecular Hbond substituents is 1. The lowest BCUT2D eigenvalue weighted by molar-refractivity contribution is 0.244. The summed E-state index contributed by atoms with van der Waals surface area (Å²) in [4.78, 5) is 19.8. The van der Waals surface area contributed by atoms with E-state index in [1.807, 2.05) is 62.4 Å². The van der Waals surface area contributed by atoms with Crippen molar-refractivity contribution in [2.75, 3.05) is 12.0 Å². The third-order valence-corrected chi connectivity index (χ3v) is 6.53. The van der Waals surface area contributed by atoms with Gasteiger partial charge in [0.05, 0.1) is 24.4 Å². The molecule has 188 valence electrons. The third-order valence-electron chi connectivity index (χ3n) is 6.53. The standard InChI is InChI=1S/C29H28N4O4/c1-5-19-9-7-11-22(15-19)33-18(3)25(28-31-27(32-37-28)21-10-6-8-17(2)14-21)26(30-29(33)35)20-12-13-24(36-4)23(34)16-20/h6-16,26,34H,5H2,1-4H3,(H,30,35). The van der Waals surface area contributed by atoms with Gasteiger partial charge in [0.2, 0.25) is 5.82 Å². The van der Waals surface area contributed by atoms with Crippen LogP contribution >= 0.6 is 0 Å². The van der Waals surface area contributed by atoms with E-state index >= 15 is 0 Å². The van der Waals surface area contributed by atoms with Crippen molar-refractivity contribution in [2.24, 2.45) is 0 Å². The number of anilines is 1. The van der Waals surface area contributed by atoms with E-state index in [0.29, 0.717) is 28.4 Å². The van der Waals surface area contributed by atoms with Crippen LogP contribution in [0.25, 0.3) is 17.0 Å². The highest BCUT2D eigenvalue weighted by Gasteiger charge is 2.37. The maximum Gasteiger partial charge on any atom is 0.326 e. The first-order chi connectivity index (χ1) is 17.9. The average molecular weight is 497 g/mol. The van der Waals surface area contributed by atoms with Crippen molar-refractivity contribution in [2.45, 2.75) is 33.2 Å². The number of hydrogen-bond acceptors (Lipinski definition) is 6. The third kappa shape index (κ3) is 4.53. The van der Waals surface area contributed by atoms with Crippen LogP contribution in [0.1, 0.15) is 42.5 Å². The summed E-state index contributed by atoms with van der Waals surface area (Å²) in [5.41, 5.74) is 5.70. The van der Waals surface area contributed by atoms with Gasteiger partial charge in [0, 0.05) is 11.3 Å². The molecule has 1 aliphatic heterocycles. The summed E-state index contributed by atoms with van der Waals surface area (Å²) < 4.78 is 11.0. The van der Waals surface area contributed by atoms with Gasteiger partial charge in [-0.05, 0) is 61.7 Å². The van der Waals surface area contributed by atoms with Gasteiger partial charge in [-0.25, -0.2) is 4.79 Å². The lowest BCUT2D eigenvalue weighted by atomic mass is 9.94. The predicted octanol–water partition coefficient (Wildman–Crippen LogP) is 6.02. The van der Waals surface area contributed by atoms with E-state index in [4.69, 9.17) is 14.2 Å². The monoisotopic (exact) mass is 496 g/mol. The van der Waals surface area contributed by atoms with Gasteiger partial charge in [-0.1, -0.05) is 54.0 Å². The fraction of sp³-hybridized carbons (Fsp3) is 0.207. The minimum Gasteiger partial charge on any atom is -0.504 e. The molecule has 0 saturated heterocycles. The number of methoxy groups -OCH3 is 1. The number of phenols is 1. The maximum atomic E-state index is 13.5. The molecule has 0 aliphatic carbocycles. The van der Waals surface area contributed by atoms with Gasteiger partial charge in [-0.3, -0.25) is 4.90 Å². The minimum atomic E-state index is -0.638. The highest BCUT2D eigenvalue weighted by atomic mass is 16.5. The second-order valence-electron chi connectivity index (χ2n) is 8.96. The van der Waals surface area contributed by atoms with Crippen molar-refractivity contribution in [3.05, 3.63) is 95.0 Å². The van der Waals surface area contributed by atoms with Crippen LogP contribution in [0.15, 0.2) is 77.0 Å². The number of nitrogens with one attached hydrogen (secondary N) is 1. The average Bonchev–Trinajstić information content (AvgIpc) is 3.38. The summed E-state index contributed by atoms with van der Waals surface area (Å²) in [5, 5.41) is 17.8. The molecule has 0 fully saturated rings. The second kappa shape index (κ2) is 9.81. The molecule has 0 saturated carbocycles. The van der Waals surface area contributed by atoms with Crippen LogP contribution in [0.4, 0.5) is 10.5 Å². The first-order valence-electron chi connectivity index (χ1n) is 12.1. The molecule has 2 amide bonds. The number of hydrogen-bond donors (Lipinski definition) is 2. The Morgan fingerprint density at radius 1 is 1.08 bits per heavy atom. The topological polar surface area (TPSA) is 101 Å². The smallest absolute Gasteiger partial charge is 0.326 e. The number of aromatic hydroxyl groups is 1. The van der Waals surface area contributed by atoms with Gasteiger partial charge in [-0.15, -0.1) is 0 Å². The largest absolute Gasteiger partial charge is 0.504 e. The van der Waals surface area contributed by atoms with E-state index in [-0.39, 0.29) is 17.7 Å². The number of aromatic nitrogens is 2. The first-order valence-corrected chi connectivity index (χ1v) is 12.1. The normalized spacial score (nSPS) is 15.6. The molecule has 0 radical (unpaired) electrons. The van der Waals surface area contributed by atoms with Crippen LogP contribution < -0.4 is 15.0 Å². The number of aryl methyl sites for hydroxylation is 2. The van der Waals surface area contributed by atoms with E-state index in [1.165, 1.54) is 7.11 Å². The molecule has 37 heavy (non-hydrogen) atoms. The van der Waals surface area contributed by atoms with Crippen LogP contribution in [0.3, 0.4) is 0 Å². The highest BCUT2D eigenvalue weighted by molar-refractivity contribution is 6.01. The second-order valence-corrected chi connectivity index (χ2v) is 8.96. The van der Waals surface area contributed by atoms with E-state index in [9.17, 15) is 9.90 Å². The van der Waals surface area contributed by atoms with Crippen molar-refractivity contribution in [1.29, 1.82) is 0 Å². The Labute approximate surface area is 215 Å². The molecule has 1 aliphatic rings. The Kier molecular flexibility index (Phi) is 6.40. The van der Waals surface area contributed by atoms with Crippen LogP contribution in [-0.2, 0) is 6.42 Å². The number of benzene rings is 3. The number of urea groups is 1. The van der Waals surface area contributed by atoms with E-state index in [1.54, 1.807) is 23.1 Å². The number of allylic oxidation sites excluding steroid dienone is 1. The first kappa shape index (κ1) is 24.1. The summed E-state index contributed by atoms with van der Waals surface area (Å²) in [6, 6.07) is 19.8. The van der Waals surface area contributed by atoms with Crippen LogP contribution in [0.5, 0.6) is 11.5 Å². The number of amides is 2. The quantitative estimate of drug-likeness (QED) is 0.338. The van der Waals surface area contributed by atoms with Gasteiger partial charge >= 0.3 is 6.03 Å². The number of rotatable bonds is 6. The fourth-order valence-electron chi connectivity index (χ4n) is 4.62. The van der Waals surface area contributed by atoms with Crippen LogP contribution in [0, 0.1) is 6.92 Å². The zero-order chi connectivity index (χ0) is 26.1. The molecule has 8 nitrogen and oxygen atoms in total. The van der Waals surface area contributed by atoms with Crippen molar-refractivity contribution < 1.29 is 19.2 Å². The number of nitrogens with zero attached hydrogens (tertiary/aromatic N) is 3. The summed E-state index contributed by atoms with van der Waals surface area (Å²) in [6.07, 6.45) is 0.843. The Bertz CT molecular complexity index is 1510. The van der Waals surface area contributed by atoms with Crippen molar-refractivity contribution in [3.63, 3.8) is 0 Å². The molecular weight excluding hydrogens is 468 g/mol. The Balaban J connectivity index is 1.67. The molecule has 0 spiro atoms. The maximum absolute atomic E-state index is 13.5. The SMILES string of the molecule is CCc1cccc(N2C(=O)NC(c3ccc(OC)c(O)c3)C(c3nc(-c4cccc(C)c4)no3)=C2C)c1. The van der Waals surface area contributed by atoms with Gasteiger partial charge in [-0.2, -0.15) is 4.98 Å². The highest BCUT2D eigenvalue weighted by Crippen LogP contribution is 2.41. The molecule has 2 N–H and O–H groups in total. The molecule has 4 aromatic rings. The minimum absolute atomic E-state index is 0.0321. The van der Waals surface area contributed by atoms with Gasteiger partial charge in [0.25, 0.3) is 5.89 Å². The van der Waals surface area contributed by atoms with E-state index in [2.05, 4.69) is 17.4 Å². The Morgan fingerprint density at radius 2 is 1.89 bits per heavy atom. The molecular formula is C29H28N4O4. The fourth-order valence-corrected chi connectivity index (χ4v) is 4.62. The summed E-state index contributed by atoms with van der Waals surface area (Å²) in [7, 11) is 1.49. The molecule has 0 bridgehead atoms. The molecule has 5 rings (SSSR count). The van der Waals surface area contributed by atoms with Crippen molar-refractivity contribution in [3.8, 4) is 22.9 Å². The summed E-state index contributed by atoms with van der Waals surface area (Å²) in [6.45, 7) is 5.93. The Hall–Kier alpha value is -4.59. The van der Waals surface area contributed by atoms with Gasteiger partial charge < -0.3 is 19.7 Å². The predicted molar refractivity (Wildman–Crippen MR) is 141 cm³/mol. The zero-order valence-electron chi connectivity index (χ0n) is 21.1. The zero-order valence-corrected chi connectivity index (χ0v) is 21.1. The van der Waals surface area contributed by atoms with E-state index in [0.717, 1.165) is 28.8 Å². The van der Waals surface area contributed by atoms with Gasteiger partial charge in [0.1, 0.15) is 0 Å². The van der Waals surface area contributed by atoms with Crippen LogP contribution in [0.2, 0.25) is 0 Å². The molecule has 2 heterocycles. The summed E-state index contributed by atoms with van der Waals surface area (Å²) in [5.74, 6) is 1.04. The van der Waals surface area contributed by atoms with Gasteiger partial charge in [0.15, 0.2) is 11.5 Å². The molecule has 3 aromatic carbocycles. The molecule has 1 aromatic heterocycles. The van der Waals surface area contributed by atoms with Crippen LogP contribution in [-0.4, -0.2) is 28.4 Å². The summed E-state index contributed by atoms with van der Waals surface area (Å²) >= 11 is 0. The lowest BCUT2D eigenvalue weighted by Crippen LogP contribution is -2.46. The molecule has 8 heteroatoms. The lowest BCUT2D eigenvalue weighted by Gasteiger charge is -2.35. The number of carbonyl (C=O) groups excluding carboxylic acids is 1.